The Bertz CT molecular complexity index is 430. The van der Waals surface area contributed by atoms with Gasteiger partial charge in [-0.3, -0.25) is 0 Å². The quantitative estimate of drug-likeness (QED) is 0.856. The number of urea groups is 1. The Kier molecular flexibility index (Phi) is 5.83. The molecule has 0 aromatic heterocycles. The number of rotatable bonds is 5. The summed E-state index contributed by atoms with van der Waals surface area (Å²) in [6.07, 6.45) is 0.211. The molecule has 1 atom stereocenters. The molecule has 0 bridgehead atoms. The van der Waals surface area contributed by atoms with Gasteiger partial charge in [-0.25, -0.2) is 4.79 Å². The van der Waals surface area contributed by atoms with E-state index in [1.165, 1.54) is 11.1 Å². The number of nitrogens with zero attached hydrogens (tertiary/aromatic N) is 1. The average molecular weight is 264 g/mol. The Hall–Kier alpha value is -1.55. The molecule has 0 saturated heterocycles. The second-order valence-electron chi connectivity index (χ2n) is 5.15. The maximum atomic E-state index is 11.8. The van der Waals surface area contributed by atoms with E-state index in [2.05, 4.69) is 18.3 Å². The molecule has 0 aliphatic rings. The zero-order valence-electron chi connectivity index (χ0n) is 12.2. The smallest absolute Gasteiger partial charge is 0.317 e. The van der Waals surface area contributed by atoms with Crippen LogP contribution in [0.15, 0.2) is 18.2 Å². The van der Waals surface area contributed by atoms with Crippen LogP contribution in [0.2, 0.25) is 0 Å². The lowest BCUT2D eigenvalue weighted by Gasteiger charge is -2.19. The predicted molar refractivity (Wildman–Crippen MR) is 77.1 cm³/mol. The summed E-state index contributed by atoms with van der Waals surface area (Å²) in [6, 6.07) is 6.09. The van der Waals surface area contributed by atoms with Crippen LogP contribution in [0.4, 0.5) is 4.79 Å². The van der Waals surface area contributed by atoms with Crippen LogP contribution < -0.4 is 5.32 Å². The molecule has 1 aromatic rings. The van der Waals surface area contributed by atoms with Gasteiger partial charge in [0.15, 0.2) is 0 Å². The Morgan fingerprint density at radius 3 is 2.68 bits per heavy atom. The van der Waals surface area contributed by atoms with Crippen molar-refractivity contribution < 1.29 is 9.90 Å². The van der Waals surface area contributed by atoms with Crippen LogP contribution in [0.5, 0.6) is 0 Å². The van der Waals surface area contributed by atoms with E-state index in [1.807, 2.05) is 19.1 Å². The van der Waals surface area contributed by atoms with Gasteiger partial charge in [-0.1, -0.05) is 23.8 Å². The van der Waals surface area contributed by atoms with Crippen LogP contribution in [0.1, 0.15) is 30.0 Å². The van der Waals surface area contributed by atoms with Crippen molar-refractivity contribution >= 4 is 6.03 Å². The van der Waals surface area contributed by atoms with Gasteiger partial charge < -0.3 is 15.3 Å². The van der Waals surface area contributed by atoms with Gasteiger partial charge in [0.05, 0.1) is 6.10 Å². The van der Waals surface area contributed by atoms with Gasteiger partial charge in [0.25, 0.3) is 0 Å². The van der Waals surface area contributed by atoms with Gasteiger partial charge in [-0.15, -0.1) is 0 Å². The number of aryl methyl sites for hydroxylation is 2. The Labute approximate surface area is 115 Å². The van der Waals surface area contributed by atoms with Gasteiger partial charge in [0, 0.05) is 20.1 Å². The highest BCUT2D eigenvalue weighted by molar-refractivity contribution is 5.73. The monoisotopic (exact) mass is 264 g/mol. The van der Waals surface area contributed by atoms with Crippen molar-refractivity contribution in [3.05, 3.63) is 34.9 Å². The molecule has 0 saturated carbocycles. The normalized spacial score (nSPS) is 12.1. The molecular weight excluding hydrogens is 240 g/mol. The standard InChI is InChI=1S/C15H24N2O2/c1-11-5-6-14(12(2)9-11)10-16-15(19)17(4)8-7-13(3)18/h5-6,9,13,18H,7-8,10H2,1-4H3,(H,16,19). The number of carbonyl (C=O) groups excluding carboxylic acids is 1. The maximum absolute atomic E-state index is 11.8. The topological polar surface area (TPSA) is 52.6 Å². The number of aliphatic hydroxyl groups excluding tert-OH is 1. The van der Waals surface area contributed by atoms with Crippen molar-refractivity contribution in [3.63, 3.8) is 0 Å². The van der Waals surface area contributed by atoms with E-state index in [4.69, 9.17) is 0 Å². The van der Waals surface area contributed by atoms with E-state index in [9.17, 15) is 9.90 Å². The number of carbonyl (C=O) groups is 1. The zero-order chi connectivity index (χ0) is 14.4. The summed E-state index contributed by atoms with van der Waals surface area (Å²) in [6.45, 7) is 6.91. The largest absolute Gasteiger partial charge is 0.393 e. The van der Waals surface area contributed by atoms with Crippen LogP contribution in [0.25, 0.3) is 0 Å². The molecule has 0 heterocycles. The van der Waals surface area contributed by atoms with Gasteiger partial charge in [-0.05, 0) is 38.3 Å². The van der Waals surface area contributed by atoms with E-state index in [-0.39, 0.29) is 12.1 Å². The highest BCUT2D eigenvalue weighted by Gasteiger charge is 2.09. The second kappa shape index (κ2) is 7.14. The van der Waals surface area contributed by atoms with E-state index < -0.39 is 0 Å². The lowest BCUT2D eigenvalue weighted by molar-refractivity contribution is 0.163. The van der Waals surface area contributed by atoms with E-state index >= 15 is 0 Å². The lowest BCUT2D eigenvalue weighted by atomic mass is 10.1. The molecule has 0 radical (unpaired) electrons. The molecule has 1 rings (SSSR count). The molecule has 4 nitrogen and oxygen atoms in total. The molecular formula is C15H24N2O2. The Balaban J connectivity index is 2.45. The number of aliphatic hydroxyl groups is 1. The van der Waals surface area contributed by atoms with Crippen LogP contribution >= 0.6 is 0 Å². The van der Waals surface area contributed by atoms with Gasteiger partial charge in [0.1, 0.15) is 0 Å². The Morgan fingerprint density at radius 1 is 1.42 bits per heavy atom. The summed E-state index contributed by atoms with van der Waals surface area (Å²) in [5.74, 6) is 0. The van der Waals surface area contributed by atoms with Crippen LogP contribution in [0, 0.1) is 13.8 Å². The molecule has 2 N–H and O–H groups in total. The summed E-state index contributed by atoms with van der Waals surface area (Å²) >= 11 is 0. The van der Waals surface area contributed by atoms with E-state index in [0.29, 0.717) is 19.5 Å². The number of hydrogen-bond acceptors (Lipinski definition) is 2. The van der Waals surface area contributed by atoms with Gasteiger partial charge in [-0.2, -0.15) is 0 Å². The minimum Gasteiger partial charge on any atom is -0.393 e. The number of benzene rings is 1. The zero-order valence-corrected chi connectivity index (χ0v) is 12.2. The van der Waals surface area contributed by atoms with Crippen molar-refractivity contribution in [3.8, 4) is 0 Å². The maximum Gasteiger partial charge on any atom is 0.317 e. The fraction of sp³-hybridized carbons (Fsp3) is 0.533. The van der Waals surface area contributed by atoms with Crippen molar-refractivity contribution in [2.24, 2.45) is 0 Å². The molecule has 4 heteroatoms. The predicted octanol–water partition coefficient (Wildman–Crippen LogP) is 2.22. The highest BCUT2D eigenvalue weighted by atomic mass is 16.3. The SMILES string of the molecule is Cc1ccc(CNC(=O)N(C)CCC(C)O)c(C)c1. The summed E-state index contributed by atoms with van der Waals surface area (Å²) in [7, 11) is 1.74. The first-order valence-electron chi connectivity index (χ1n) is 6.63. The number of amides is 2. The fourth-order valence-electron chi connectivity index (χ4n) is 1.83. The molecule has 0 spiro atoms. The first-order valence-corrected chi connectivity index (χ1v) is 6.63. The molecule has 0 aliphatic carbocycles. The molecule has 19 heavy (non-hydrogen) atoms. The van der Waals surface area contributed by atoms with Crippen molar-refractivity contribution in [2.45, 2.75) is 39.8 Å². The fourth-order valence-corrected chi connectivity index (χ4v) is 1.83. The first kappa shape index (κ1) is 15.5. The third kappa shape index (κ3) is 5.30. The van der Waals surface area contributed by atoms with Gasteiger partial charge in [0.2, 0.25) is 0 Å². The third-order valence-electron chi connectivity index (χ3n) is 3.16. The first-order chi connectivity index (χ1) is 8.90. The second-order valence-corrected chi connectivity index (χ2v) is 5.15. The van der Waals surface area contributed by atoms with Crippen molar-refractivity contribution in [1.82, 2.24) is 10.2 Å². The summed E-state index contributed by atoms with van der Waals surface area (Å²) in [5, 5.41) is 12.1. The third-order valence-corrected chi connectivity index (χ3v) is 3.16. The van der Waals surface area contributed by atoms with E-state index in [1.54, 1.807) is 18.9 Å². The average Bonchev–Trinajstić information content (AvgIpc) is 2.34. The van der Waals surface area contributed by atoms with Crippen LogP contribution in [-0.2, 0) is 6.54 Å². The molecule has 1 unspecified atom stereocenters. The number of hydrogen-bond donors (Lipinski definition) is 2. The molecule has 0 fully saturated rings. The van der Waals surface area contributed by atoms with Crippen LogP contribution in [0.3, 0.4) is 0 Å². The number of nitrogens with one attached hydrogen (secondary N) is 1. The van der Waals surface area contributed by atoms with Crippen molar-refractivity contribution in [2.75, 3.05) is 13.6 Å². The van der Waals surface area contributed by atoms with Crippen LogP contribution in [-0.4, -0.2) is 35.7 Å². The minimum absolute atomic E-state index is 0.111. The summed E-state index contributed by atoms with van der Waals surface area (Å²) in [4.78, 5) is 13.4. The molecule has 2 amide bonds. The molecule has 0 aliphatic heterocycles. The van der Waals surface area contributed by atoms with E-state index in [0.717, 1.165) is 5.56 Å². The minimum atomic E-state index is -0.380. The Morgan fingerprint density at radius 2 is 2.11 bits per heavy atom. The molecule has 1 aromatic carbocycles. The van der Waals surface area contributed by atoms with Gasteiger partial charge >= 0.3 is 6.03 Å². The lowest BCUT2D eigenvalue weighted by Crippen LogP contribution is -2.38. The highest BCUT2D eigenvalue weighted by Crippen LogP contribution is 2.10. The molecule has 106 valence electrons. The van der Waals surface area contributed by atoms with Crippen molar-refractivity contribution in [1.29, 1.82) is 0 Å². The summed E-state index contributed by atoms with van der Waals surface area (Å²) in [5.41, 5.74) is 3.54. The summed E-state index contributed by atoms with van der Waals surface area (Å²) < 4.78 is 0.